The Labute approximate surface area is 79.4 Å². The van der Waals surface area contributed by atoms with E-state index < -0.39 is 5.82 Å². The molecule has 1 nitrogen and oxygen atoms in total. The fourth-order valence-electron chi connectivity index (χ4n) is 0.928. The van der Waals surface area contributed by atoms with E-state index in [9.17, 15) is 9.50 Å². The molecule has 1 aromatic carbocycles. The number of hydrogen-bond donors (Lipinski definition) is 1. The van der Waals surface area contributed by atoms with Gasteiger partial charge in [-0.25, -0.2) is 4.39 Å². The third kappa shape index (κ3) is 1.78. The van der Waals surface area contributed by atoms with Crippen LogP contribution in [0.25, 0.3) is 0 Å². The van der Waals surface area contributed by atoms with Crippen LogP contribution in [0.3, 0.4) is 0 Å². The number of phenolic OH excluding ortho intramolecular Hbond substituents is 1. The Morgan fingerprint density at radius 1 is 1.42 bits per heavy atom. The summed E-state index contributed by atoms with van der Waals surface area (Å²) in [5, 5.41) is 9.24. The van der Waals surface area contributed by atoms with Crippen LogP contribution >= 0.6 is 15.9 Å². The number of aromatic hydroxyl groups is 1. The maximum Gasteiger partial charge on any atom is 0.141 e. The van der Waals surface area contributed by atoms with Crippen molar-refractivity contribution in [1.29, 1.82) is 0 Å². The van der Waals surface area contributed by atoms with E-state index in [1.54, 1.807) is 6.07 Å². The van der Waals surface area contributed by atoms with Gasteiger partial charge in [0.15, 0.2) is 0 Å². The van der Waals surface area contributed by atoms with Crippen molar-refractivity contribution in [2.24, 2.45) is 0 Å². The molecule has 0 spiro atoms. The molecule has 0 aliphatic carbocycles. The minimum atomic E-state index is -0.418. The average molecular weight is 233 g/mol. The number of hydrogen-bond acceptors (Lipinski definition) is 1. The Morgan fingerprint density at radius 2 is 2.00 bits per heavy atom. The molecule has 0 saturated heterocycles. The second kappa shape index (κ2) is 3.44. The summed E-state index contributed by atoms with van der Waals surface area (Å²) < 4.78 is 13.1. The van der Waals surface area contributed by atoms with Crippen molar-refractivity contribution >= 4 is 15.9 Å². The average Bonchev–Trinajstić information content (AvgIpc) is 1.99. The molecule has 0 aliphatic rings. The Morgan fingerprint density at radius 3 is 2.42 bits per heavy atom. The van der Waals surface area contributed by atoms with Gasteiger partial charge in [0.1, 0.15) is 11.6 Å². The molecule has 0 radical (unpaired) electrons. The van der Waals surface area contributed by atoms with Crippen LogP contribution < -0.4 is 0 Å². The molecule has 1 aromatic rings. The molecule has 66 valence electrons. The maximum absolute atomic E-state index is 13.0. The first-order valence-electron chi connectivity index (χ1n) is 3.70. The highest BCUT2D eigenvalue weighted by molar-refractivity contribution is 9.10. The molecule has 0 bridgehead atoms. The summed E-state index contributed by atoms with van der Waals surface area (Å²) in [6.45, 7) is 3.89. The molecular formula is C9H10BrFO. The highest BCUT2D eigenvalue weighted by atomic mass is 79.9. The van der Waals surface area contributed by atoms with Gasteiger partial charge in [-0.15, -0.1) is 0 Å². The zero-order chi connectivity index (χ0) is 9.30. The molecule has 0 fully saturated rings. The first kappa shape index (κ1) is 9.52. The zero-order valence-electron chi connectivity index (χ0n) is 6.94. The molecule has 0 unspecified atom stereocenters. The molecular weight excluding hydrogens is 223 g/mol. The smallest absolute Gasteiger partial charge is 0.141 e. The molecule has 0 atom stereocenters. The number of phenols is 1. The number of benzene rings is 1. The van der Waals surface area contributed by atoms with Gasteiger partial charge in [-0.05, 0) is 39.5 Å². The lowest BCUT2D eigenvalue weighted by molar-refractivity contribution is 0.462. The molecule has 0 saturated carbocycles. The summed E-state index contributed by atoms with van der Waals surface area (Å²) in [6, 6.07) is 2.99. The van der Waals surface area contributed by atoms with E-state index in [0.29, 0.717) is 0 Å². The predicted molar refractivity (Wildman–Crippen MR) is 49.9 cm³/mol. The van der Waals surface area contributed by atoms with Crippen LogP contribution in [0.15, 0.2) is 16.6 Å². The van der Waals surface area contributed by atoms with Gasteiger partial charge in [-0.2, -0.15) is 0 Å². The molecule has 3 heteroatoms. The first-order valence-corrected chi connectivity index (χ1v) is 4.49. The highest BCUT2D eigenvalue weighted by Gasteiger charge is 2.08. The summed E-state index contributed by atoms with van der Waals surface area (Å²) in [6.07, 6.45) is 0. The van der Waals surface area contributed by atoms with Crippen LogP contribution in [0.5, 0.6) is 5.75 Å². The van der Waals surface area contributed by atoms with Crippen LogP contribution in [0, 0.1) is 5.82 Å². The van der Waals surface area contributed by atoms with Gasteiger partial charge in [0, 0.05) is 0 Å². The van der Waals surface area contributed by atoms with Gasteiger partial charge in [0.25, 0.3) is 0 Å². The highest BCUT2D eigenvalue weighted by Crippen LogP contribution is 2.30. The Kier molecular flexibility index (Phi) is 2.73. The SMILES string of the molecule is CC(C)c1cc(O)c(Br)c(F)c1. The normalized spacial score (nSPS) is 10.8. The summed E-state index contributed by atoms with van der Waals surface area (Å²) in [5.74, 6) is -0.240. The maximum atomic E-state index is 13.0. The van der Waals surface area contributed by atoms with E-state index in [2.05, 4.69) is 15.9 Å². The summed E-state index contributed by atoms with van der Waals surface area (Å²) >= 11 is 2.94. The largest absolute Gasteiger partial charge is 0.507 e. The van der Waals surface area contributed by atoms with E-state index in [0.717, 1.165) is 5.56 Å². The van der Waals surface area contributed by atoms with Gasteiger partial charge in [0.05, 0.1) is 4.47 Å². The quantitative estimate of drug-likeness (QED) is 0.787. The molecule has 0 aliphatic heterocycles. The minimum absolute atomic E-state index is 0.0429. The zero-order valence-corrected chi connectivity index (χ0v) is 8.52. The lowest BCUT2D eigenvalue weighted by Crippen LogP contribution is -1.89. The summed E-state index contributed by atoms with van der Waals surface area (Å²) in [5.41, 5.74) is 0.799. The van der Waals surface area contributed by atoms with Crippen molar-refractivity contribution in [3.63, 3.8) is 0 Å². The van der Waals surface area contributed by atoms with Gasteiger partial charge in [0.2, 0.25) is 0 Å². The van der Waals surface area contributed by atoms with Crippen LogP contribution in [0.1, 0.15) is 25.3 Å². The van der Waals surface area contributed by atoms with Crippen LogP contribution in [-0.2, 0) is 0 Å². The Hall–Kier alpha value is -0.570. The van der Waals surface area contributed by atoms with Gasteiger partial charge >= 0.3 is 0 Å². The minimum Gasteiger partial charge on any atom is -0.507 e. The molecule has 1 rings (SSSR count). The summed E-state index contributed by atoms with van der Waals surface area (Å²) in [7, 11) is 0. The van der Waals surface area contributed by atoms with Gasteiger partial charge in [-0.1, -0.05) is 13.8 Å². The van der Waals surface area contributed by atoms with E-state index in [-0.39, 0.29) is 16.1 Å². The topological polar surface area (TPSA) is 20.2 Å². The first-order chi connectivity index (χ1) is 5.52. The Balaban J connectivity index is 3.21. The molecule has 1 N–H and O–H groups in total. The standard InChI is InChI=1S/C9H10BrFO/c1-5(2)6-3-7(11)9(10)8(12)4-6/h3-5,12H,1-2H3. The van der Waals surface area contributed by atoms with E-state index in [4.69, 9.17) is 0 Å². The van der Waals surface area contributed by atoms with Gasteiger partial charge in [-0.3, -0.25) is 0 Å². The van der Waals surface area contributed by atoms with Crippen molar-refractivity contribution in [2.45, 2.75) is 19.8 Å². The van der Waals surface area contributed by atoms with Crippen molar-refractivity contribution < 1.29 is 9.50 Å². The lowest BCUT2D eigenvalue weighted by Gasteiger charge is -2.07. The molecule has 0 amide bonds. The van der Waals surface area contributed by atoms with Crippen molar-refractivity contribution in [3.8, 4) is 5.75 Å². The number of halogens is 2. The van der Waals surface area contributed by atoms with E-state index in [1.807, 2.05) is 13.8 Å². The van der Waals surface area contributed by atoms with Crippen molar-refractivity contribution in [1.82, 2.24) is 0 Å². The predicted octanol–water partition coefficient (Wildman–Crippen LogP) is 3.42. The molecule has 0 heterocycles. The second-order valence-electron chi connectivity index (χ2n) is 2.99. The van der Waals surface area contributed by atoms with Crippen molar-refractivity contribution in [2.75, 3.05) is 0 Å². The van der Waals surface area contributed by atoms with E-state index in [1.165, 1.54) is 6.07 Å². The van der Waals surface area contributed by atoms with Crippen molar-refractivity contribution in [3.05, 3.63) is 28.0 Å². The van der Waals surface area contributed by atoms with Crippen LogP contribution in [0.2, 0.25) is 0 Å². The summed E-state index contributed by atoms with van der Waals surface area (Å²) in [4.78, 5) is 0. The molecule has 0 aromatic heterocycles. The fourth-order valence-corrected chi connectivity index (χ4v) is 1.16. The second-order valence-corrected chi connectivity index (χ2v) is 3.78. The van der Waals surface area contributed by atoms with E-state index >= 15 is 0 Å². The van der Waals surface area contributed by atoms with Crippen LogP contribution in [-0.4, -0.2) is 5.11 Å². The lowest BCUT2D eigenvalue weighted by atomic mass is 10.0. The van der Waals surface area contributed by atoms with Gasteiger partial charge < -0.3 is 5.11 Å². The Bertz CT molecular complexity index is 274. The monoisotopic (exact) mass is 232 g/mol. The third-order valence-electron chi connectivity index (χ3n) is 1.70. The fraction of sp³-hybridized carbons (Fsp3) is 0.333. The van der Waals surface area contributed by atoms with Crippen LogP contribution in [0.4, 0.5) is 4.39 Å². The number of rotatable bonds is 1. The molecule has 12 heavy (non-hydrogen) atoms. The third-order valence-corrected chi connectivity index (χ3v) is 2.48.